The predicted molar refractivity (Wildman–Crippen MR) is 89.2 cm³/mol. The third kappa shape index (κ3) is 4.97. The van der Waals surface area contributed by atoms with E-state index in [0.29, 0.717) is 5.75 Å². The van der Waals surface area contributed by atoms with Crippen LogP contribution in [0.2, 0.25) is 0 Å². The molecule has 0 amide bonds. The van der Waals surface area contributed by atoms with Gasteiger partial charge in [0, 0.05) is 11.6 Å². The predicted octanol–water partition coefficient (Wildman–Crippen LogP) is 3.21. The first-order valence-electron chi connectivity index (χ1n) is 7.31. The number of rotatable bonds is 7. The highest BCUT2D eigenvalue weighted by Crippen LogP contribution is 2.30. The van der Waals surface area contributed by atoms with Crippen LogP contribution >= 0.6 is 0 Å². The Kier molecular flexibility index (Phi) is 5.55. The molecule has 0 aliphatic heterocycles. The summed E-state index contributed by atoms with van der Waals surface area (Å²) >= 11 is 0. The van der Waals surface area contributed by atoms with E-state index in [1.807, 2.05) is 54.6 Å². The molecular weight excluding hydrogens is 292 g/mol. The van der Waals surface area contributed by atoms with Crippen molar-refractivity contribution in [3.63, 3.8) is 0 Å². The molecule has 2 aromatic carbocycles. The highest BCUT2D eigenvalue weighted by molar-refractivity contribution is 5.81. The minimum atomic E-state index is -1.29. The minimum Gasteiger partial charge on any atom is -0.490 e. The monoisotopic (exact) mass is 312 g/mol. The van der Waals surface area contributed by atoms with Crippen LogP contribution in [0.5, 0.6) is 5.75 Å². The summed E-state index contributed by atoms with van der Waals surface area (Å²) in [7, 11) is 0. The quantitative estimate of drug-likeness (QED) is 0.630. The average Bonchev–Trinajstić information content (AvgIpc) is 2.59. The maximum Gasteiger partial charge on any atom is 0.330 e. The van der Waals surface area contributed by atoms with Crippen molar-refractivity contribution in [1.29, 1.82) is 0 Å². The van der Waals surface area contributed by atoms with Crippen LogP contribution in [0.25, 0.3) is 11.1 Å². The zero-order chi connectivity index (χ0) is 16.7. The third-order valence-corrected chi connectivity index (χ3v) is 3.20. The van der Waals surface area contributed by atoms with Crippen LogP contribution in [-0.4, -0.2) is 29.9 Å². The van der Waals surface area contributed by atoms with Gasteiger partial charge < -0.3 is 14.6 Å². The number of aliphatic hydroxyl groups is 1. The van der Waals surface area contributed by atoms with Gasteiger partial charge in [-0.3, -0.25) is 0 Å². The van der Waals surface area contributed by atoms with Crippen LogP contribution < -0.4 is 4.74 Å². The molecule has 0 aliphatic carbocycles. The Balaban J connectivity index is 2.06. The van der Waals surface area contributed by atoms with E-state index >= 15 is 0 Å². The molecule has 0 saturated carbocycles. The topological polar surface area (TPSA) is 55.8 Å². The molecule has 1 unspecified atom stereocenters. The molecule has 2 aromatic rings. The zero-order valence-corrected chi connectivity index (χ0v) is 13.1. The number of hydrogen-bond acceptors (Lipinski definition) is 4. The first kappa shape index (κ1) is 16.8. The first-order valence-corrected chi connectivity index (χ1v) is 7.31. The van der Waals surface area contributed by atoms with Crippen molar-refractivity contribution in [3.05, 3.63) is 67.3 Å². The SMILES string of the molecule is C=CC(=O)OCC(C)(O)COc1ccccc1-c1ccccc1. The Morgan fingerprint density at radius 1 is 1.13 bits per heavy atom. The Morgan fingerprint density at radius 3 is 2.48 bits per heavy atom. The number of para-hydroxylation sites is 1. The smallest absolute Gasteiger partial charge is 0.330 e. The lowest BCUT2D eigenvalue weighted by molar-refractivity contribution is -0.146. The Hall–Kier alpha value is -2.59. The number of carbonyl (C=O) groups excluding carboxylic acids is 1. The maximum absolute atomic E-state index is 11.1. The summed E-state index contributed by atoms with van der Waals surface area (Å²) in [5.74, 6) is 0.0870. The fourth-order valence-electron chi connectivity index (χ4n) is 2.01. The van der Waals surface area contributed by atoms with Crippen LogP contribution in [0.4, 0.5) is 0 Å². The molecule has 1 N–H and O–H groups in total. The van der Waals surface area contributed by atoms with Crippen molar-refractivity contribution in [2.24, 2.45) is 0 Å². The van der Waals surface area contributed by atoms with Gasteiger partial charge in [-0.2, -0.15) is 0 Å². The van der Waals surface area contributed by atoms with Crippen LogP contribution in [0.1, 0.15) is 6.92 Å². The molecule has 1 atom stereocenters. The van der Waals surface area contributed by atoms with E-state index in [1.165, 1.54) is 0 Å². The first-order chi connectivity index (χ1) is 11.0. The number of benzene rings is 2. The highest BCUT2D eigenvalue weighted by Gasteiger charge is 2.24. The lowest BCUT2D eigenvalue weighted by Crippen LogP contribution is -2.38. The minimum absolute atomic E-state index is 0.00126. The second-order valence-corrected chi connectivity index (χ2v) is 5.46. The van der Waals surface area contributed by atoms with Crippen molar-refractivity contribution in [1.82, 2.24) is 0 Å². The number of esters is 1. The van der Waals surface area contributed by atoms with E-state index in [4.69, 9.17) is 9.47 Å². The van der Waals surface area contributed by atoms with E-state index < -0.39 is 11.6 Å². The molecule has 0 spiro atoms. The maximum atomic E-state index is 11.1. The standard InChI is InChI=1S/C19H20O4/c1-3-18(20)23-14-19(2,21)13-22-17-12-8-7-11-16(17)15-9-5-4-6-10-15/h3-12,21H,1,13-14H2,2H3. The lowest BCUT2D eigenvalue weighted by Gasteiger charge is -2.23. The number of hydrogen-bond donors (Lipinski definition) is 1. The molecular formula is C19H20O4. The molecule has 120 valence electrons. The summed E-state index contributed by atoms with van der Waals surface area (Å²) in [5, 5.41) is 10.2. The second kappa shape index (κ2) is 7.61. The van der Waals surface area contributed by atoms with Gasteiger partial charge in [0.15, 0.2) is 0 Å². The van der Waals surface area contributed by atoms with Gasteiger partial charge in [-0.25, -0.2) is 4.79 Å². The normalized spacial score (nSPS) is 13.0. The van der Waals surface area contributed by atoms with Crippen LogP contribution in [0.15, 0.2) is 67.3 Å². The molecule has 0 saturated heterocycles. The van der Waals surface area contributed by atoms with E-state index in [2.05, 4.69) is 6.58 Å². The van der Waals surface area contributed by atoms with Gasteiger partial charge >= 0.3 is 5.97 Å². The van der Waals surface area contributed by atoms with E-state index in [9.17, 15) is 9.90 Å². The Morgan fingerprint density at radius 2 is 1.78 bits per heavy atom. The fourth-order valence-corrected chi connectivity index (χ4v) is 2.01. The second-order valence-electron chi connectivity index (χ2n) is 5.46. The fraction of sp³-hybridized carbons (Fsp3) is 0.211. The van der Waals surface area contributed by atoms with Gasteiger partial charge in [0.05, 0.1) is 0 Å². The molecule has 0 heterocycles. The van der Waals surface area contributed by atoms with Gasteiger partial charge in [-0.1, -0.05) is 55.1 Å². The van der Waals surface area contributed by atoms with Crippen molar-refractivity contribution < 1.29 is 19.4 Å². The molecule has 0 fully saturated rings. The van der Waals surface area contributed by atoms with Crippen LogP contribution in [-0.2, 0) is 9.53 Å². The summed E-state index contributed by atoms with van der Waals surface area (Å²) in [5.41, 5.74) is 0.676. The molecule has 4 heteroatoms. The molecule has 4 nitrogen and oxygen atoms in total. The van der Waals surface area contributed by atoms with Gasteiger partial charge in [0.1, 0.15) is 24.6 Å². The van der Waals surface area contributed by atoms with E-state index in [0.717, 1.165) is 17.2 Å². The van der Waals surface area contributed by atoms with Crippen LogP contribution in [0.3, 0.4) is 0 Å². The molecule has 0 bridgehead atoms. The molecule has 0 aliphatic rings. The van der Waals surface area contributed by atoms with Gasteiger partial charge in [-0.05, 0) is 18.6 Å². The molecule has 0 aromatic heterocycles. The van der Waals surface area contributed by atoms with Crippen molar-refractivity contribution >= 4 is 5.97 Å². The number of carbonyl (C=O) groups is 1. The summed E-state index contributed by atoms with van der Waals surface area (Å²) in [6.45, 7) is 4.70. The van der Waals surface area contributed by atoms with E-state index in [-0.39, 0.29) is 13.2 Å². The van der Waals surface area contributed by atoms with Gasteiger partial charge in [0.2, 0.25) is 0 Å². The highest BCUT2D eigenvalue weighted by atomic mass is 16.6. The number of ether oxygens (including phenoxy) is 2. The Labute approximate surface area is 136 Å². The van der Waals surface area contributed by atoms with Gasteiger partial charge in [-0.15, -0.1) is 0 Å². The van der Waals surface area contributed by atoms with Crippen LogP contribution in [0, 0.1) is 0 Å². The lowest BCUT2D eigenvalue weighted by atomic mass is 10.0. The summed E-state index contributed by atoms with van der Waals surface area (Å²) < 4.78 is 10.6. The third-order valence-electron chi connectivity index (χ3n) is 3.20. The van der Waals surface area contributed by atoms with Crippen molar-refractivity contribution in [2.45, 2.75) is 12.5 Å². The van der Waals surface area contributed by atoms with Gasteiger partial charge in [0.25, 0.3) is 0 Å². The summed E-state index contributed by atoms with van der Waals surface area (Å²) in [6.07, 6.45) is 1.06. The van der Waals surface area contributed by atoms with E-state index in [1.54, 1.807) is 6.92 Å². The summed E-state index contributed by atoms with van der Waals surface area (Å²) in [4.78, 5) is 11.1. The summed E-state index contributed by atoms with van der Waals surface area (Å²) in [6, 6.07) is 17.4. The Bertz CT molecular complexity index is 662. The largest absolute Gasteiger partial charge is 0.490 e. The molecule has 23 heavy (non-hydrogen) atoms. The molecule has 0 radical (unpaired) electrons. The zero-order valence-electron chi connectivity index (χ0n) is 13.1. The molecule has 2 rings (SSSR count). The van der Waals surface area contributed by atoms with Crippen molar-refractivity contribution in [2.75, 3.05) is 13.2 Å². The van der Waals surface area contributed by atoms with Crippen molar-refractivity contribution in [3.8, 4) is 16.9 Å². The average molecular weight is 312 g/mol.